The van der Waals surface area contributed by atoms with Crippen LogP contribution < -0.4 is 20.3 Å². The van der Waals surface area contributed by atoms with Crippen LogP contribution in [0.2, 0.25) is 18.1 Å². The highest BCUT2D eigenvalue weighted by atomic mass is 28.4. The topological polar surface area (TPSA) is 72.6 Å². The highest BCUT2D eigenvalue weighted by molar-refractivity contribution is 6.74. The Morgan fingerprint density at radius 3 is 2.22 bits per heavy atom. The second-order valence-corrected chi connectivity index (χ2v) is 18.6. The van der Waals surface area contributed by atoms with Gasteiger partial charge in [0.05, 0.1) is 11.6 Å². The molecule has 2 N–H and O–H groups in total. The summed E-state index contributed by atoms with van der Waals surface area (Å²) < 4.78 is 48.1. The SMILES string of the molecule is CC(C)(C)[Si](C)(C)O[C@@H](CNCCc1cccc(OCC(F)(F)c2ccccc2)c1)c1ccc(OCc2ccccc2)c2[nH]c(=O)ccc12. The normalized spacial score (nSPS) is 13.0. The first-order chi connectivity index (χ1) is 23.3. The van der Waals surface area contributed by atoms with E-state index in [-0.39, 0.29) is 22.3 Å². The molecular formula is C40H46F2N2O4Si. The smallest absolute Gasteiger partial charge is 0.306 e. The molecule has 0 aliphatic heterocycles. The van der Waals surface area contributed by atoms with Gasteiger partial charge in [0.15, 0.2) is 14.9 Å². The summed E-state index contributed by atoms with van der Waals surface area (Å²) in [6, 6.07) is 32.2. The van der Waals surface area contributed by atoms with Crippen molar-refractivity contribution in [3.05, 3.63) is 142 Å². The zero-order valence-electron chi connectivity index (χ0n) is 28.9. The Kier molecular flexibility index (Phi) is 11.4. The lowest BCUT2D eigenvalue weighted by Gasteiger charge is -2.39. The molecule has 0 saturated heterocycles. The van der Waals surface area contributed by atoms with Gasteiger partial charge in [-0.15, -0.1) is 0 Å². The minimum Gasteiger partial charge on any atom is -0.487 e. The molecule has 0 amide bonds. The van der Waals surface area contributed by atoms with Gasteiger partial charge < -0.3 is 24.2 Å². The second-order valence-electron chi connectivity index (χ2n) is 13.9. The maximum absolute atomic E-state index is 14.7. The summed E-state index contributed by atoms with van der Waals surface area (Å²) in [5.74, 6) is -2.09. The fraction of sp³-hybridized carbons (Fsp3) is 0.325. The lowest BCUT2D eigenvalue weighted by Crippen LogP contribution is -2.43. The van der Waals surface area contributed by atoms with Crippen LogP contribution in [0.15, 0.2) is 114 Å². The fourth-order valence-corrected chi connectivity index (χ4v) is 6.60. The highest BCUT2D eigenvalue weighted by Crippen LogP contribution is 2.41. The summed E-state index contributed by atoms with van der Waals surface area (Å²) in [6.07, 6.45) is 0.367. The number of aromatic amines is 1. The number of hydrogen-bond acceptors (Lipinski definition) is 5. The van der Waals surface area contributed by atoms with Crippen molar-refractivity contribution in [2.75, 3.05) is 19.7 Å². The van der Waals surface area contributed by atoms with Gasteiger partial charge in [0, 0.05) is 23.6 Å². The molecule has 0 aliphatic rings. The zero-order valence-corrected chi connectivity index (χ0v) is 29.9. The van der Waals surface area contributed by atoms with E-state index in [9.17, 15) is 13.6 Å². The van der Waals surface area contributed by atoms with E-state index < -0.39 is 20.8 Å². The summed E-state index contributed by atoms with van der Waals surface area (Å²) in [5.41, 5.74) is 3.33. The van der Waals surface area contributed by atoms with E-state index in [4.69, 9.17) is 13.9 Å². The predicted octanol–water partition coefficient (Wildman–Crippen LogP) is 9.17. The fourth-order valence-electron chi connectivity index (χ4n) is 5.33. The van der Waals surface area contributed by atoms with Crippen molar-refractivity contribution in [3.8, 4) is 11.5 Å². The number of H-pyrrole nitrogens is 1. The quantitative estimate of drug-likeness (QED) is 0.0850. The molecule has 4 aromatic carbocycles. The molecule has 0 bridgehead atoms. The van der Waals surface area contributed by atoms with Gasteiger partial charge >= 0.3 is 5.92 Å². The van der Waals surface area contributed by atoms with Crippen molar-refractivity contribution >= 4 is 19.2 Å². The Morgan fingerprint density at radius 1 is 0.816 bits per heavy atom. The summed E-state index contributed by atoms with van der Waals surface area (Å²) in [6.45, 7) is 11.9. The average molecular weight is 685 g/mol. The van der Waals surface area contributed by atoms with Crippen LogP contribution in [0.3, 0.4) is 0 Å². The van der Waals surface area contributed by atoms with Gasteiger partial charge in [-0.05, 0) is 72.1 Å². The molecule has 49 heavy (non-hydrogen) atoms. The van der Waals surface area contributed by atoms with Gasteiger partial charge in [-0.1, -0.05) is 99.6 Å². The standard InChI is InChI=1S/C40H46F2N2O4Si/c1-39(2,3)49(4,5)48-36(33-19-21-35(38-34(33)20-22-37(45)44-38)46-27-30-13-8-6-9-14-30)26-43-24-23-29-15-12-18-32(25-29)47-28-40(41,42)31-16-10-7-11-17-31/h6-22,25,36,43H,23-24,26-28H2,1-5H3,(H,44,45)/t36-/m0/s1. The van der Waals surface area contributed by atoms with Crippen molar-refractivity contribution in [3.63, 3.8) is 0 Å². The molecule has 258 valence electrons. The first kappa shape index (κ1) is 36.0. The van der Waals surface area contributed by atoms with Crippen LogP contribution in [-0.2, 0) is 23.4 Å². The first-order valence-electron chi connectivity index (χ1n) is 16.7. The molecule has 0 aliphatic carbocycles. The average Bonchev–Trinajstić information content (AvgIpc) is 3.08. The van der Waals surface area contributed by atoms with Gasteiger partial charge in [0.25, 0.3) is 0 Å². The van der Waals surface area contributed by atoms with E-state index in [2.05, 4.69) is 44.2 Å². The lowest BCUT2D eigenvalue weighted by atomic mass is 10.0. The molecule has 0 saturated carbocycles. The monoisotopic (exact) mass is 684 g/mol. The first-order valence-corrected chi connectivity index (χ1v) is 19.6. The van der Waals surface area contributed by atoms with Gasteiger partial charge in [-0.3, -0.25) is 4.79 Å². The summed E-state index contributed by atoms with van der Waals surface area (Å²) in [4.78, 5) is 15.5. The number of pyridine rings is 1. The number of hydrogen-bond donors (Lipinski definition) is 2. The van der Waals surface area contributed by atoms with Crippen LogP contribution in [0, 0.1) is 0 Å². The molecule has 0 spiro atoms. The Hall–Kier alpha value is -4.31. The molecule has 0 unspecified atom stereocenters. The van der Waals surface area contributed by atoms with Crippen molar-refractivity contribution in [2.45, 2.75) is 64.0 Å². The molecular weight excluding hydrogens is 639 g/mol. The molecule has 9 heteroatoms. The summed E-state index contributed by atoms with van der Waals surface area (Å²) in [5, 5.41) is 4.42. The molecule has 0 radical (unpaired) electrons. The predicted molar refractivity (Wildman–Crippen MR) is 195 cm³/mol. The van der Waals surface area contributed by atoms with Crippen molar-refractivity contribution in [1.82, 2.24) is 10.3 Å². The van der Waals surface area contributed by atoms with Gasteiger partial charge in [-0.2, -0.15) is 8.78 Å². The maximum Gasteiger partial charge on any atom is 0.306 e. The molecule has 1 aromatic heterocycles. The van der Waals surface area contributed by atoms with Crippen LogP contribution in [0.25, 0.3) is 10.9 Å². The van der Waals surface area contributed by atoms with E-state index in [1.165, 1.54) is 18.2 Å². The third-order valence-electron chi connectivity index (χ3n) is 9.15. The van der Waals surface area contributed by atoms with Crippen molar-refractivity contribution < 1.29 is 22.7 Å². The van der Waals surface area contributed by atoms with Crippen LogP contribution in [0.1, 0.15) is 49.1 Å². The largest absolute Gasteiger partial charge is 0.487 e. The molecule has 5 aromatic rings. The van der Waals surface area contributed by atoms with Gasteiger partial charge in [-0.25, -0.2) is 0 Å². The highest BCUT2D eigenvalue weighted by Gasteiger charge is 2.40. The van der Waals surface area contributed by atoms with E-state index >= 15 is 0 Å². The number of aromatic nitrogens is 1. The van der Waals surface area contributed by atoms with Crippen LogP contribution in [0.4, 0.5) is 8.78 Å². The Morgan fingerprint density at radius 2 is 1.51 bits per heavy atom. The molecule has 5 rings (SSSR count). The number of benzene rings is 4. The maximum atomic E-state index is 14.7. The molecule has 1 heterocycles. The van der Waals surface area contributed by atoms with E-state index in [1.54, 1.807) is 24.3 Å². The molecule has 6 nitrogen and oxygen atoms in total. The van der Waals surface area contributed by atoms with Crippen molar-refractivity contribution in [2.24, 2.45) is 0 Å². The summed E-state index contributed by atoms with van der Waals surface area (Å²) >= 11 is 0. The minimum absolute atomic E-state index is 0.0220. The van der Waals surface area contributed by atoms with Crippen LogP contribution >= 0.6 is 0 Å². The number of nitrogens with one attached hydrogen (secondary N) is 2. The van der Waals surface area contributed by atoms with Crippen LogP contribution in [-0.4, -0.2) is 33.0 Å². The number of ether oxygens (including phenoxy) is 2. The van der Waals surface area contributed by atoms with Gasteiger partial charge in [0.2, 0.25) is 5.56 Å². The van der Waals surface area contributed by atoms with E-state index in [0.717, 1.165) is 22.1 Å². The Labute approximate surface area is 288 Å². The number of halogens is 2. The van der Waals surface area contributed by atoms with Gasteiger partial charge in [0.1, 0.15) is 18.1 Å². The number of fused-ring (bicyclic) bond motifs is 1. The van der Waals surface area contributed by atoms with Crippen molar-refractivity contribution in [1.29, 1.82) is 0 Å². The van der Waals surface area contributed by atoms with Crippen LogP contribution in [0.5, 0.6) is 11.5 Å². The molecule has 1 atom stereocenters. The third kappa shape index (κ3) is 9.44. The third-order valence-corrected chi connectivity index (χ3v) is 13.6. The van der Waals surface area contributed by atoms with E-state index in [1.807, 2.05) is 66.7 Å². The lowest BCUT2D eigenvalue weighted by molar-refractivity contribution is -0.0467. The number of alkyl halides is 2. The number of rotatable bonds is 15. The minimum atomic E-state index is -3.10. The Balaban J connectivity index is 1.30. The summed E-state index contributed by atoms with van der Waals surface area (Å²) in [7, 11) is -2.22. The molecule has 0 fully saturated rings. The zero-order chi connectivity index (χ0) is 35.1. The second kappa shape index (κ2) is 15.5. The Bertz CT molecular complexity index is 1880. The van der Waals surface area contributed by atoms with E-state index in [0.29, 0.717) is 43.1 Å².